The second-order valence-electron chi connectivity index (χ2n) is 3.31. The first-order valence-electron chi connectivity index (χ1n) is 4.83. The quantitative estimate of drug-likeness (QED) is 0.507. The van der Waals surface area contributed by atoms with Crippen molar-refractivity contribution < 1.29 is 4.92 Å². The summed E-state index contributed by atoms with van der Waals surface area (Å²) in [6, 6.07) is 4.71. The Labute approximate surface area is 111 Å². The van der Waals surface area contributed by atoms with Crippen LogP contribution in [0.1, 0.15) is 5.82 Å². The van der Waals surface area contributed by atoms with E-state index < -0.39 is 4.92 Å². The number of halogens is 1. The minimum Gasteiger partial charge on any atom is -0.377 e. The summed E-state index contributed by atoms with van der Waals surface area (Å²) in [6.45, 7) is 0.556. The van der Waals surface area contributed by atoms with Crippen molar-refractivity contribution in [3.63, 3.8) is 0 Å². The van der Waals surface area contributed by atoms with Crippen molar-refractivity contribution in [3.05, 3.63) is 50.1 Å². The van der Waals surface area contributed by atoms with Crippen molar-refractivity contribution >= 4 is 34.0 Å². The van der Waals surface area contributed by atoms with Crippen molar-refractivity contribution in [2.24, 2.45) is 0 Å². The lowest BCUT2D eigenvalue weighted by molar-refractivity contribution is -0.384. The van der Waals surface area contributed by atoms with E-state index in [2.05, 4.69) is 37.9 Å². The standard InChI is InChI=1S/C10H9IN4O2/c11-8-5-7(15(16)17)1-2-9(8)14-6-10-12-3-4-13-10/h1-5,14H,6H2,(H,12,13). The van der Waals surface area contributed by atoms with Gasteiger partial charge in [-0.2, -0.15) is 0 Å². The number of nitrogens with zero attached hydrogens (tertiary/aromatic N) is 2. The van der Waals surface area contributed by atoms with E-state index in [1.807, 2.05) is 0 Å². The van der Waals surface area contributed by atoms with Crippen LogP contribution in [0.4, 0.5) is 11.4 Å². The number of nitro benzene ring substituents is 1. The van der Waals surface area contributed by atoms with E-state index in [0.29, 0.717) is 6.54 Å². The van der Waals surface area contributed by atoms with Crippen LogP contribution in [0.2, 0.25) is 0 Å². The number of imidazole rings is 1. The molecule has 88 valence electrons. The van der Waals surface area contributed by atoms with E-state index in [1.54, 1.807) is 18.5 Å². The lowest BCUT2D eigenvalue weighted by Gasteiger charge is -2.06. The maximum atomic E-state index is 10.6. The molecule has 0 fully saturated rings. The number of nitrogens with one attached hydrogen (secondary N) is 2. The van der Waals surface area contributed by atoms with Gasteiger partial charge in [0.05, 0.1) is 11.5 Å². The maximum Gasteiger partial charge on any atom is 0.270 e. The highest BCUT2D eigenvalue weighted by Crippen LogP contribution is 2.23. The van der Waals surface area contributed by atoms with Crippen molar-refractivity contribution in [1.82, 2.24) is 9.97 Å². The van der Waals surface area contributed by atoms with Crippen LogP contribution in [0.25, 0.3) is 0 Å². The minimum atomic E-state index is -0.404. The zero-order valence-electron chi connectivity index (χ0n) is 8.68. The number of anilines is 1. The lowest BCUT2D eigenvalue weighted by atomic mass is 10.3. The first-order valence-corrected chi connectivity index (χ1v) is 5.91. The van der Waals surface area contributed by atoms with Crippen LogP contribution in [0.3, 0.4) is 0 Å². The van der Waals surface area contributed by atoms with Gasteiger partial charge >= 0.3 is 0 Å². The molecule has 0 aliphatic rings. The largest absolute Gasteiger partial charge is 0.377 e. The van der Waals surface area contributed by atoms with Gasteiger partial charge in [0.2, 0.25) is 0 Å². The van der Waals surface area contributed by atoms with Gasteiger partial charge in [0, 0.05) is 33.8 Å². The molecule has 1 heterocycles. The number of rotatable bonds is 4. The lowest BCUT2D eigenvalue weighted by Crippen LogP contribution is -2.03. The summed E-state index contributed by atoms with van der Waals surface area (Å²) in [6.07, 6.45) is 3.43. The number of benzene rings is 1. The molecule has 7 heteroatoms. The number of hydrogen-bond acceptors (Lipinski definition) is 4. The molecule has 0 bridgehead atoms. The van der Waals surface area contributed by atoms with Crippen molar-refractivity contribution in [1.29, 1.82) is 0 Å². The van der Waals surface area contributed by atoms with Crippen molar-refractivity contribution in [3.8, 4) is 0 Å². The van der Waals surface area contributed by atoms with E-state index in [0.717, 1.165) is 15.1 Å². The van der Waals surface area contributed by atoms with Crippen LogP contribution in [-0.2, 0) is 6.54 Å². The number of nitro groups is 1. The molecule has 0 atom stereocenters. The van der Waals surface area contributed by atoms with Gasteiger partial charge < -0.3 is 10.3 Å². The highest BCUT2D eigenvalue weighted by atomic mass is 127. The number of hydrogen-bond donors (Lipinski definition) is 2. The van der Waals surface area contributed by atoms with Crippen LogP contribution in [-0.4, -0.2) is 14.9 Å². The fourth-order valence-electron chi connectivity index (χ4n) is 1.33. The van der Waals surface area contributed by atoms with Gasteiger partial charge in [0.15, 0.2) is 0 Å². The van der Waals surface area contributed by atoms with Crippen LogP contribution in [0, 0.1) is 13.7 Å². The Morgan fingerprint density at radius 1 is 1.53 bits per heavy atom. The minimum absolute atomic E-state index is 0.0953. The SMILES string of the molecule is O=[N+]([O-])c1ccc(NCc2ncc[nH]2)c(I)c1. The van der Waals surface area contributed by atoms with E-state index in [-0.39, 0.29) is 5.69 Å². The number of non-ortho nitro benzene ring substituents is 1. The summed E-state index contributed by atoms with van der Waals surface area (Å²) in [5.74, 6) is 0.819. The van der Waals surface area contributed by atoms with E-state index >= 15 is 0 Å². The summed E-state index contributed by atoms with van der Waals surface area (Å²) in [4.78, 5) is 17.2. The molecule has 0 aliphatic heterocycles. The monoisotopic (exact) mass is 344 g/mol. The first kappa shape index (κ1) is 11.8. The molecule has 17 heavy (non-hydrogen) atoms. The second-order valence-corrected chi connectivity index (χ2v) is 4.47. The van der Waals surface area contributed by atoms with Gasteiger partial charge in [-0.25, -0.2) is 4.98 Å². The molecule has 0 radical (unpaired) electrons. The molecule has 1 aromatic heterocycles. The Morgan fingerprint density at radius 3 is 2.94 bits per heavy atom. The zero-order chi connectivity index (χ0) is 12.3. The summed E-state index contributed by atoms with van der Waals surface area (Å²) in [5.41, 5.74) is 0.950. The maximum absolute atomic E-state index is 10.6. The molecular formula is C10H9IN4O2. The Hall–Kier alpha value is -1.64. The van der Waals surface area contributed by atoms with Gasteiger partial charge in [-0.05, 0) is 28.7 Å². The zero-order valence-corrected chi connectivity index (χ0v) is 10.8. The van der Waals surface area contributed by atoms with Crippen LogP contribution < -0.4 is 5.32 Å². The van der Waals surface area contributed by atoms with E-state index in [1.165, 1.54) is 12.1 Å². The average Bonchev–Trinajstić information content (AvgIpc) is 2.80. The van der Waals surface area contributed by atoms with Crippen LogP contribution in [0.15, 0.2) is 30.6 Å². The number of aromatic nitrogens is 2. The Morgan fingerprint density at radius 2 is 2.35 bits per heavy atom. The van der Waals surface area contributed by atoms with Crippen molar-refractivity contribution in [2.75, 3.05) is 5.32 Å². The molecule has 1 aromatic carbocycles. The molecule has 2 N–H and O–H groups in total. The molecular weight excluding hydrogens is 335 g/mol. The molecule has 2 aromatic rings. The summed E-state index contributed by atoms with van der Waals surface area (Å²) < 4.78 is 0.809. The topological polar surface area (TPSA) is 83.8 Å². The van der Waals surface area contributed by atoms with Crippen LogP contribution in [0.5, 0.6) is 0 Å². The summed E-state index contributed by atoms with van der Waals surface area (Å²) >= 11 is 2.06. The number of H-pyrrole nitrogens is 1. The fourth-order valence-corrected chi connectivity index (χ4v) is 2.02. The normalized spacial score (nSPS) is 10.2. The highest BCUT2D eigenvalue weighted by molar-refractivity contribution is 14.1. The highest BCUT2D eigenvalue weighted by Gasteiger charge is 2.08. The average molecular weight is 344 g/mol. The summed E-state index contributed by atoms with van der Waals surface area (Å²) in [5, 5.41) is 13.7. The number of aromatic amines is 1. The molecule has 0 saturated heterocycles. The fraction of sp³-hybridized carbons (Fsp3) is 0.100. The van der Waals surface area contributed by atoms with Crippen LogP contribution >= 0.6 is 22.6 Å². The molecule has 0 aliphatic carbocycles. The Bertz CT molecular complexity index is 527. The van der Waals surface area contributed by atoms with E-state index in [9.17, 15) is 10.1 Å². The predicted molar refractivity (Wildman–Crippen MR) is 71.7 cm³/mol. The molecule has 0 amide bonds. The second kappa shape index (κ2) is 5.13. The van der Waals surface area contributed by atoms with Gasteiger partial charge in [-0.15, -0.1) is 0 Å². The molecule has 6 nitrogen and oxygen atoms in total. The molecule has 0 spiro atoms. The molecule has 0 saturated carbocycles. The van der Waals surface area contributed by atoms with Gasteiger partial charge in [-0.1, -0.05) is 0 Å². The third-order valence-corrected chi connectivity index (χ3v) is 3.06. The van der Waals surface area contributed by atoms with Gasteiger partial charge in [0.25, 0.3) is 5.69 Å². The molecule has 2 rings (SSSR count). The van der Waals surface area contributed by atoms with Gasteiger partial charge in [0.1, 0.15) is 5.82 Å². The smallest absolute Gasteiger partial charge is 0.270 e. The first-order chi connectivity index (χ1) is 8.16. The third-order valence-electron chi connectivity index (χ3n) is 2.16. The summed E-state index contributed by atoms with van der Waals surface area (Å²) in [7, 11) is 0. The van der Waals surface area contributed by atoms with E-state index in [4.69, 9.17) is 0 Å². The van der Waals surface area contributed by atoms with Crippen molar-refractivity contribution in [2.45, 2.75) is 6.54 Å². The Kier molecular flexibility index (Phi) is 3.57. The van der Waals surface area contributed by atoms with Gasteiger partial charge in [-0.3, -0.25) is 10.1 Å². The third kappa shape index (κ3) is 2.93. The predicted octanol–water partition coefficient (Wildman–Crippen LogP) is 2.53. The Balaban J connectivity index is 2.09. The molecule has 0 unspecified atom stereocenters.